The number of rotatable bonds is 5. The van der Waals surface area contributed by atoms with Gasteiger partial charge in [0.1, 0.15) is 11.1 Å². The number of benzene rings is 1. The van der Waals surface area contributed by atoms with Crippen LogP contribution in [0.3, 0.4) is 0 Å². The molecule has 0 bridgehead atoms. The second-order valence-electron chi connectivity index (χ2n) is 9.32. The quantitative estimate of drug-likeness (QED) is 0.711. The van der Waals surface area contributed by atoms with Crippen molar-refractivity contribution in [3.63, 3.8) is 0 Å². The Balaban J connectivity index is 1.60. The van der Waals surface area contributed by atoms with Crippen LogP contribution in [0.2, 0.25) is 0 Å². The van der Waals surface area contributed by atoms with Gasteiger partial charge in [-0.2, -0.15) is 0 Å². The number of hydrogen-bond acceptors (Lipinski definition) is 5. The van der Waals surface area contributed by atoms with Crippen molar-refractivity contribution in [2.45, 2.75) is 70.6 Å². The van der Waals surface area contributed by atoms with Crippen molar-refractivity contribution in [1.82, 2.24) is 10.2 Å². The topological polar surface area (TPSA) is 79.9 Å². The van der Waals surface area contributed by atoms with E-state index in [1.54, 1.807) is 0 Å². The molecule has 30 heavy (non-hydrogen) atoms. The fourth-order valence-electron chi connectivity index (χ4n) is 4.13. The maximum Gasteiger partial charge on any atom is 0.332 e. The Morgan fingerprint density at radius 1 is 1.10 bits per heavy atom. The average Bonchev–Trinajstić information content (AvgIpc) is 3.17. The van der Waals surface area contributed by atoms with Crippen LogP contribution in [-0.2, 0) is 14.3 Å². The van der Waals surface area contributed by atoms with Gasteiger partial charge in [0, 0.05) is 24.8 Å². The molecule has 1 aromatic carbocycles. The molecule has 7 nitrogen and oxygen atoms in total. The molecule has 1 aliphatic carbocycles. The molecule has 3 rings (SSSR count). The summed E-state index contributed by atoms with van der Waals surface area (Å²) in [5.74, 6) is -0.350. The Labute approximate surface area is 179 Å². The molecule has 1 unspecified atom stereocenters. The number of morpholine rings is 1. The lowest BCUT2D eigenvalue weighted by Crippen LogP contribution is -2.55. The number of nitrogens with one attached hydrogen (secondary N) is 2. The molecule has 7 heteroatoms. The summed E-state index contributed by atoms with van der Waals surface area (Å²) < 4.78 is 11.0. The van der Waals surface area contributed by atoms with Crippen molar-refractivity contribution < 1.29 is 19.1 Å². The van der Waals surface area contributed by atoms with Crippen molar-refractivity contribution in [3.05, 3.63) is 29.8 Å². The van der Waals surface area contributed by atoms with E-state index in [0.29, 0.717) is 24.6 Å². The van der Waals surface area contributed by atoms with E-state index < -0.39 is 11.1 Å². The van der Waals surface area contributed by atoms with Gasteiger partial charge in [0.15, 0.2) is 0 Å². The summed E-state index contributed by atoms with van der Waals surface area (Å²) in [5.41, 5.74) is 0.367. The molecular formula is C23H35N3O4. The zero-order valence-electron chi connectivity index (χ0n) is 18.6. The van der Waals surface area contributed by atoms with Crippen molar-refractivity contribution in [2.24, 2.45) is 0 Å². The van der Waals surface area contributed by atoms with Crippen LogP contribution in [0.4, 0.5) is 10.5 Å². The summed E-state index contributed by atoms with van der Waals surface area (Å²) in [6, 6.07) is 7.80. The lowest BCUT2D eigenvalue weighted by molar-refractivity contribution is -0.162. The maximum atomic E-state index is 12.8. The van der Waals surface area contributed by atoms with Crippen LogP contribution in [0, 0.1) is 0 Å². The van der Waals surface area contributed by atoms with Gasteiger partial charge in [-0.15, -0.1) is 0 Å². The molecule has 1 saturated heterocycles. The molecule has 1 atom stereocenters. The Morgan fingerprint density at radius 3 is 2.27 bits per heavy atom. The van der Waals surface area contributed by atoms with Gasteiger partial charge in [0.25, 0.3) is 0 Å². The number of esters is 1. The smallest absolute Gasteiger partial charge is 0.332 e. The minimum absolute atomic E-state index is 0.297. The maximum absolute atomic E-state index is 12.8. The van der Waals surface area contributed by atoms with E-state index in [9.17, 15) is 9.59 Å². The summed E-state index contributed by atoms with van der Waals surface area (Å²) in [4.78, 5) is 27.8. The molecule has 2 fully saturated rings. The number of anilines is 1. The zero-order valence-corrected chi connectivity index (χ0v) is 18.6. The third-order valence-electron chi connectivity index (χ3n) is 5.84. The highest BCUT2D eigenvalue weighted by molar-refractivity contribution is 5.94. The fourth-order valence-corrected chi connectivity index (χ4v) is 4.13. The van der Waals surface area contributed by atoms with Gasteiger partial charge in [-0.05, 0) is 58.2 Å². The van der Waals surface area contributed by atoms with Crippen molar-refractivity contribution in [1.29, 1.82) is 0 Å². The largest absolute Gasteiger partial charge is 0.458 e. The number of carbonyl (C=O) groups excluding carboxylic acids is 2. The standard InChI is InChI=1S/C23H35N3O4/c1-17(26-13-15-29-16-14-26)18-7-9-19(10-8-18)24-21(28)25-23(11-5-6-12-23)20(27)30-22(2,3)4/h7-10,17H,5-6,11-16H2,1-4H3,(H2,24,25,28). The molecule has 1 heterocycles. The molecule has 1 aliphatic heterocycles. The van der Waals surface area contributed by atoms with E-state index in [-0.39, 0.29) is 12.0 Å². The summed E-state index contributed by atoms with van der Waals surface area (Å²) in [5, 5.41) is 5.77. The van der Waals surface area contributed by atoms with Crippen LogP contribution < -0.4 is 10.6 Å². The molecule has 2 aliphatic rings. The lowest BCUT2D eigenvalue weighted by Gasteiger charge is -2.32. The van der Waals surface area contributed by atoms with Crippen molar-refractivity contribution >= 4 is 17.7 Å². The molecule has 166 valence electrons. The summed E-state index contributed by atoms with van der Waals surface area (Å²) in [7, 11) is 0. The van der Waals surface area contributed by atoms with Gasteiger partial charge in [-0.3, -0.25) is 4.90 Å². The van der Waals surface area contributed by atoms with E-state index >= 15 is 0 Å². The van der Waals surface area contributed by atoms with Gasteiger partial charge in [0.2, 0.25) is 0 Å². The fraction of sp³-hybridized carbons (Fsp3) is 0.652. The Kier molecular flexibility index (Phi) is 7.03. The Morgan fingerprint density at radius 2 is 1.70 bits per heavy atom. The Bertz CT molecular complexity index is 730. The molecular weight excluding hydrogens is 382 g/mol. The zero-order chi connectivity index (χ0) is 21.8. The van der Waals surface area contributed by atoms with Gasteiger partial charge in [-0.25, -0.2) is 9.59 Å². The molecule has 1 aromatic rings. The van der Waals surface area contributed by atoms with Gasteiger partial charge in [0.05, 0.1) is 13.2 Å². The predicted molar refractivity (Wildman–Crippen MR) is 116 cm³/mol. The first-order valence-corrected chi connectivity index (χ1v) is 10.9. The summed E-state index contributed by atoms with van der Waals surface area (Å²) in [6.45, 7) is 11.1. The molecule has 0 spiro atoms. The van der Waals surface area contributed by atoms with Crippen LogP contribution in [-0.4, -0.2) is 54.3 Å². The predicted octanol–water partition coefficient (Wildman–Crippen LogP) is 3.86. The second kappa shape index (κ2) is 9.35. The molecule has 2 amide bonds. The van der Waals surface area contributed by atoms with Crippen LogP contribution in [0.25, 0.3) is 0 Å². The first-order chi connectivity index (χ1) is 14.2. The molecule has 1 saturated carbocycles. The van der Waals surface area contributed by atoms with Gasteiger partial charge >= 0.3 is 12.0 Å². The number of ether oxygens (including phenoxy) is 2. The highest BCUT2D eigenvalue weighted by Gasteiger charge is 2.45. The van der Waals surface area contributed by atoms with E-state index in [1.807, 2.05) is 45.0 Å². The summed E-state index contributed by atoms with van der Waals surface area (Å²) >= 11 is 0. The number of nitrogens with zero attached hydrogens (tertiary/aromatic N) is 1. The van der Waals surface area contributed by atoms with E-state index in [1.165, 1.54) is 5.56 Å². The van der Waals surface area contributed by atoms with Crippen LogP contribution in [0.5, 0.6) is 0 Å². The van der Waals surface area contributed by atoms with Crippen LogP contribution >= 0.6 is 0 Å². The molecule has 0 aromatic heterocycles. The van der Waals surface area contributed by atoms with Crippen LogP contribution in [0.1, 0.15) is 65.0 Å². The normalized spacial score (nSPS) is 20.4. The first-order valence-electron chi connectivity index (χ1n) is 10.9. The van der Waals surface area contributed by atoms with Gasteiger partial charge < -0.3 is 20.1 Å². The highest BCUT2D eigenvalue weighted by atomic mass is 16.6. The minimum atomic E-state index is -0.942. The van der Waals surface area contributed by atoms with Crippen molar-refractivity contribution in [3.8, 4) is 0 Å². The lowest BCUT2D eigenvalue weighted by atomic mass is 9.97. The van der Waals surface area contributed by atoms with Crippen molar-refractivity contribution in [2.75, 3.05) is 31.6 Å². The SMILES string of the molecule is CC(c1ccc(NC(=O)NC2(C(=O)OC(C)(C)C)CCCC2)cc1)N1CCOCC1. The van der Waals surface area contributed by atoms with Crippen LogP contribution in [0.15, 0.2) is 24.3 Å². The second-order valence-corrected chi connectivity index (χ2v) is 9.32. The minimum Gasteiger partial charge on any atom is -0.458 e. The summed E-state index contributed by atoms with van der Waals surface area (Å²) in [6.07, 6.45) is 3.00. The number of amides is 2. The number of carbonyl (C=O) groups is 2. The third kappa shape index (κ3) is 5.73. The third-order valence-corrected chi connectivity index (χ3v) is 5.84. The molecule has 0 radical (unpaired) electrons. The van der Waals surface area contributed by atoms with Gasteiger partial charge in [-0.1, -0.05) is 25.0 Å². The molecule has 2 N–H and O–H groups in total. The highest BCUT2D eigenvalue weighted by Crippen LogP contribution is 2.32. The monoisotopic (exact) mass is 417 g/mol. The first kappa shape index (κ1) is 22.6. The average molecular weight is 418 g/mol. The Hall–Kier alpha value is -2.12. The van der Waals surface area contributed by atoms with E-state index in [0.717, 1.165) is 39.1 Å². The van der Waals surface area contributed by atoms with E-state index in [2.05, 4.69) is 22.5 Å². The number of hydrogen-bond donors (Lipinski definition) is 2. The number of urea groups is 1. The van der Waals surface area contributed by atoms with E-state index in [4.69, 9.17) is 9.47 Å².